The molecule has 0 bridgehead atoms. The third kappa shape index (κ3) is 2.62. The van der Waals surface area contributed by atoms with Crippen molar-refractivity contribution in [2.75, 3.05) is 0 Å². The molecule has 1 fully saturated rings. The molecule has 1 aromatic rings. The van der Waals surface area contributed by atoms with Gasteiger partial charge in [0.05, 0.1) is 5.56 Å². The maximum Gasteiger partial charge on any atom is 0.335 e. The molecule has 2 rings (SSSR count). The molecule has 1 heterocycles. The van der Waals surface area contributed by atoms with Crippen molar-refractivity contribution in [3.8, 4) is 0 Å². The number of hydrogen-bond donors (Lipinski definition) is 1. The van der Waals surface area contributed by atoms with Gasteiger partial charge in [-0.05, 0) is 57.4 Å². The predicted molar refractivity (Wildman–Crippen MR) is 72.5 cm³/mol. The maximum absolute atomic E-state index is 12.5. The number of rotatable bonds is 2. The van der Waals surface area contributed by atoms with Gasteiger partial charge in [0.25, 0.3) is 5.91 Å². The largest absolute Gasteiger partial charge is 0.478 e. The molecule has 0 aromatic heterocycles. The van der Waals surface area contributed by atoms with Crippen molar-refractivity contribution < 1.29 is 14.7 Å². The number of carboxylic acid groups (broad SMARTS) is 1. The molecule has 1 aliphatic heterocycles. The van der Waals surface area contributed by atoms with E-state index in [-0.39, 0.29) is 23.6 Å². The quantitative estimate of drug-likeness (QED) is 0.890. The van der Waals surface area contributed by atoms with Gasteiger partial charge < -0.3 is 10.0 Å². The van der Waals surface area contributed by atoms with Crippen LogP contribution in [0.15, 0.2) is 18.2 Å². The number of carbonyl (C=O) groups excluding carboxylic acids is 1. The van der Waals surface area contributed by atoms with E-state index in [1.807, 2.05) is 18.7 Å². The highest BCUT2D eigenvalue weighted by molar-refractivity contribution is 5.98. The van der Waals surface area contributed by atoms with Gasteiger partial charge in [-0.3, -0.25) is 4.79 Å². The Morgan fingerprint density at radius 1 is 1.11 bits per heavy atom. The van der Waals surface area contributed by atoms with E-state index < -0.39 is 5.97 Å². The standard InChI is InChI=1S/C15H19NO3/c1-9-6-12(8-13(7-9)15(18)19)14(17)16-10(2)4-5-11(16)3/h6-8,10-11H,4-5H2,1-3H3,(H,18,19). The SMILES string of the molecule is Cc1cc(C(=O)O)cc(C(=O)N2C(C)CCC2C)c1. The van der Waals surface area contributed by atoms with E-state index in [9.17, 15) is 9.59 Å². The van der Waals surface area contributed by atoms with Gasteiger partial charge >= 0.3 is 5.97 Å². The number of aromatic carboxylic acids is 1. The minimum Gasteiger partial charge on any atom is -0.478 e. The highest BCUT2D eigenvalue weighted by atomic mass is 16.4. The minimum absolute atomic E-state index is 0.0660. The second-order valence-electron chi connectivity index (χ2n) is 5.38. The van der Waals surface area contributed by atoms with Gasteiger partial charge in [-0.25, -0.2) is 4.79 Å². The minimum atomic E-state index is -1.000. The zero-order valence-corrected chi connectivity index (χ0v) is 11.5. The fourth-order valence-corrected chi connectivity index (χ4v) is 2.77. The monoisotopic (exact) mass is 261 g/mol. The lowest BCUT2D eigenvalue weighted by Gasteiger charge is -2.26. The lowest BCUT2D eigenvalue weighted by atomic mass is 10.0. The van der Waals surface area contributed by atoms with Crippen LogP contribution in [0, 0.1) is 6.92 Å². The molecule has 4 nitrogen and oxygen atoms in total. The number of aryl methyl sites for hydroxylation is 1. The molecule has 1 N–H and O–H groups in total. The summed E-state index contributed by atoms with van der Waals surface area (Å²) in [5.74, 6) is -1.07. The Kier molecular flexibility index (Phi) is 3.60. The van der Waals surface area contributed by atoms with Crippen molar-refractivity contribution in [3.63, 3.8) is 0 Å². The molecule has 0 spiro atoms. The number of hydrogen-bond acceptors (Lipinski definition) is 2. The fraction of sp³-hybridized carbons (Fsp3) is 0.467. The molecule has 4 heteroatoms. The average molecular weight is 261 g/mol. The van der Waals surface area contributed by atoms with Crippen molar-refractivity contribution in [2.24, 2.45) is 0 Å². The van der Waals surface area contributed by atoms with E-state index in [0.717, 1.165) is 18.4 Å². The second kappa shape index (κ2) is 5.03. The summed E-state index contributed by atoms with van der Waals surface area (Å²) in [7, 11) is 0. The summed E-state index contributed by atoms with van der Waals surface area (Å²) in [4.78, 5) is 25.4. The molecule has 0 saturated carbocycles. The van der Waals surface area contributed by atoms with E-state index in [1.165, 1.54) is 6.07 Å². The summed E-state index contributed by atoms with van der Waals surface area (Å²) in [5, 5.41) is 9.06. The molecule has 0 aliphatic carbocycles. The van der Waals surface area contributed by atoms with Crippen molar-refractivity contribution in [2.45, 2.75) is 45.7 Å². The molecule has 19 heavy (non-hydrogen) atoms. The first-order valence-corrected chi connectivity index (χ1v) is 6.58. The van der Waals surface area contributed by atoms with Crippen LogP contribution in [0.5, 0.6) is 0 Å². The zero-order valence-electron chi connectivity index (χ0n) is 11.5. The highest BCUT2D eigenvalue weighted by Gasteiger charge is 2.32. The van der Waals surface area contributed by atoms with Crippen LogP contribution < -0.4 is 0 Å². The Morgan fingerprint density at radius 3 is 2.16 bits per heavy atom. The normalized spacial score (nSPS) is 22.6. The molecule has 1 saturated heterocycles. The molecule has 1 amide bonds. The molecule has 0 radical (unpaired) electrons. The Balaban J connectivity index is 2.36. The van der Waals surface area contributed by atoms with Crippen LogP contribution in [0.2, 0.25) is 0 Å². The number of nitrogens with zero attached hydrogens (tertiary/aromatic N) is 1. The van der Waals surface area contributed by atoms with E-state index in [2.05, 4.69) is 0 Å². The molecular weight excluding hydrogens is 242 g/mol. The zero-order chi connectivity index (χ0) is 14.2. The number of carboxylic acids is 1. The van der Waals surface area contributed by atoms with E-state index in [1.54, 1.807) is 19.1 Å². The summed E-state index contributed by atoms with van der Waals surface area (Å²) in [6, 6.07) is 5.24. The molecule has 102 valence electrons. The maximum atomic E-state index is 12.5. The van der Waals surface area contributed by atoms with Crippen molar-refractivity contribution in [1.29, 1.82) is 0 Å². The molecule has 2 atom stereocenters. The topological polar surface area (TPSA) is 57.6 Å². The van der Waals surface area contributed by atoms with E-state index in [0.29, 0.717) is 5.56 Å². The van der Waals surface area contributed by atoms with Gasteiger partial charge in [-0.2, -0.15) is 0 Å². The third-order valence-electron chi connectivity index (χ3n) is 3.76. The van der Waals surface area contributed by atoms with Crippen LogP contribution in [-0.4, -0.2) is 34.0 Å². The first-order valence-electron chi connectivity index (χ1n) is 6.58. The third-order valence-corrected chi connectivity index (χ3v) is 3.76. The van der Waals surface area contributed by atoms with E-state index >= 15 is 0 Å². The van der Waals surface area contributed by atoms with Gasteiger partial charge in [0.1, 0.15) is 0 Å². The molecule has 1 aliphatic rings. The highest BCUT2D eigenvalue weighted by Crippen LogP contribution is 2.26. The summed E-state index contributed by atoms with van der Waals surface area (Å²) in [6.07, 6.45) is 2.01. The van der Waals surface area contributed by atoms with E-state index in [4.69, 9.17) is 5.11 Å². The number of likely N-dealkylation sites (tertiary alicyclic amines) is 1. The van der Waals surface area contributed by atoms with Gasteiger partial charge in [-0.15, -0.1) is 0 Å². The summed E-state index contributed by atoms with van der Waals surface area (Å²) in [6.45, 7) is 5.88. The Morgan fingerprint density at radius 2 is 1.63 bits per heavy atom. The van der Waals surface area contributed by atoms with Crippen LogP contribution in [0.3, 0.4) is 0 Å². The summed E-state index contributed by atoms with van der Waals surface area (Å²) >= 11 is 0. The van der Waals surface area contributed by atoms with Gasteiger partial charge in [0.2, 0.25) is 0 Å². The van der Waals surface area contributed by atoms with Gasteiger partial charge in [0.15, 0.2) is 0 Å². The summed E-state index contributed by atoms with van der Waals surface area (Å²) < 4.78 is 0. The number of amides is 1. The lowest BCUT2D eigenvalue weighted by molar-refractivity contribution is 0.0692. The summed E-state index contributed by atoms with van der Waals surface area (Å²) in [5.41, 5.74) is 1.43. The molecule has 2 unspecified atom stereocenters. The van der Waals surface area contributed by atoms with Crippen LogP contribution in [0.4, 0.5) is 0 Å². The smallest absolute Gasteiger partial charge is 0.335 e. The Hall–Kier alpha value is -1.84. The van der Waals surface area contributed by atoms with Crippen molar-refractivity contribution in [3.05, 3.63) is 34.9 Å². The Bertz CT molecular complexity index is 514. The second-order valence-corrected chi connectivity index (χ2v) is 5.38. The van der Waals surface area contributed by atoms with Gasteiger partial charge in [0, 0.05) is 17.6 Å². The van der Waals surface area contributed by atoms with Crippen LogP contribution in [-0.2, 0) is 0 Å². The first-order chi connectivity index (χ1) is 8.90. The number of benzene rings is 1. The average Bonchev–Trinajstić information content (AvgIpc) is 2.67. The molecular formula is C15H19NO3. The Labute approximate surface area is 113 Å². The van der Waals surface area contributed by atoms with Crippen LogP contribution in [0.1, 0.15) is 53.0 Å². The number of carbonyl (C=O) groups is 2. The first kappa shape index (κ1) is 13.6. The van der Waals surface area contributed by atoms with Crippen molar-refractivity contribution >= 4 is 11.9 Å². The van der Waals surface area contributed by atoms with Crippen LogP contribution >= 0.6 is 0 Å². The van der Waals surface area contributed by atoms with Crippen molar-refractivity contribution in [1.82, 2.24) is 4.90 Å². The predicted octanol–water partition coefficient (Wildman–Crippen LogP) is 2.71. The lowest BCUT2D eigenvalue weighted by Crippen LogP contribution is -2.38. The fourth-order valence-electron chi connectivity index (χ4n) is 2.77. The van der Waals surface area contributed by atoms with Crippen LogP contribution in [0.25, 0.3) is 0 Å². The molecule has 1 aromatic carbocycles. The van der Waals surface area contributed by atoms with Gasteiger partial charge in [-0.1, -0.05) is 0 Å².